The lowest BCUT2D eigenvalue weighted by molar-refractivity contribution is -0.144. The van der Waals surface area contributed by atoms with Crippen LogP contribution in [0, 0.1) is 5.92 Å². The fraction of sp³-hybridized carbons (Fsp3) is 0.957. The van der Waals surface area contributed by atoms with E-state index in [9.17, 15) is 4.79 Å². The number of carbonyl (C=O) groups excluding carboxylic acids is 1. The van der Waals surface area contributed by atoms with E-state index < -0.39 is 0 Å². The molecular formula is C23H45BrO2. The molecule has 0 aromatic heterocycles. The number of hydrogen-bond acceptors (Lipinski definition) is 2. The smallest absolute Gasteiger partial charge is 0.305 e. The molecule has 0 aromatic carbocycles. The molecular weight excluding hydrogens is 388 g/mol. The van der Waals surface area contributed by atoms with Crippen molar-refractivity contribution in [3.8, 4) is 0 Å². The summed E-state index contributed by atoms with van der Waals surface area (Å²) in [6, 6.07) is 0. The van der Waals surface area contributed by atoms with Gasteiger partial charge in [0.05, 0.1) is 6.61 Å². The van der Waals surface area contributed by atoms with Crippen LogP contribution in [0.3, 0.4) is 0 Å². The molecule has 0 saturated heterocycles. The van der Waals surface area contributed by atoms with Crippen molar-refractivity contribution in [2.75, 3.05) is 11.9 Å². The van der Waals surface area contributed by atoms with Crippen LogP contribution in [0.5, 0.6) is 0 Å². The Bertz CT molecular complexity index is 282. The molecule has 0 rings (SSSR count). The highest BCUT2D eigenvalue weighted by Gasteiger charge is 2.12. The number of unbranched alkanes of at least 4 members (excludes halogenated alkanes) is 10. The zero-order valence-corrected chi connectivity index (χ0v) is 19.3. The number of alkyl halides is 1. The first-order valence-corrected chi connectivity index (χ1v) is 12.6. The van der Waals surface area contributed by atoms with Crippen molar-refractivity contribution < 1.29 is 9.53 Å². The van der Waals surface area contributed by atoms with Crippen molar-refractivity contribution in [1.82, 2.24) is 0 Å². The summed E-state index contributed by atoms with van der Waals surface area (Å²) in [6.45, 7) is 5.14. The average Bonchev–Trinajstić information content (AvgIpc) is 2.65. The van der Waals surface area contributed by atoms with Gasteiger partial charge in [-0.1, -0.05) is 113 Å². The van der Waals surface area contributed by atoms with E-state index in [-0.39, 0.29) is 5.97 Å². The van der Waals surface area contributed by atoms with Crippen LogP contribution in [0.25, 0.3) is 0 Å². The van der Waals surface area contributed by atoms with Gasteiger partial charge < -0.3 is 4.74 Å². The number of ether oxygens (including phenoxy) is 1. The lowest BCUT2D eigenvalue weighted by atomic mass is 9.90. The first kappa shape index (κ1) is 26.0. The zero-order chi connectivity index (χ0) is 19.3. The summed E-state index contributed by atoms with van der Waals surface area (Å²) < 4.78 is 5.44. The monoisotopic (exact) mass is 432 g/mol. The molecule has 0 aliphatic rings. The van der Waals surface area contributed by atoms with E-state index in [1.54, 1.807) is 0 Å². The second-order valence-electron chi connectivity index (χ2n) is 7.78. The summed E-state index contributed by atoms with van der Waals surface area (Å²) in [5.41, 5.74) is 0. The maximum atomic E-state index is 12.0. The largest absolute Gasteiger partial charge is 0.466 e. The minimum Gasteiger partial charge on any atom is -0.466 e. The van der Waals surface area contributed by atoms with Crippen LogP contribution in [0.15, 0.2) is 0 Å². The predicted molar refractivity (Wildman–Crippen MR) is 118 cm³/mol. The van der Waals surface area contributed by atoms with Crippen LogP contribution in [0.2, 0.25) is 0 Å². The number of rotatable bonds is 20. The highest BCUT2D eigenvalue weighted by atomic mass is 79.9. The fourth-order valence-electron chi connectivity index (χ4n) is 3.46. The first-order chi connectivity index (χ1) is 12.7. The van der Waals surface area contributed by atoms with Crippen molar-refractivity contribution in [3.05, 3.63) is 0 Å². The maximum absolute atomic E-state index is 12.0. The SMILES string of the molecule is CCCCCCC(CCCCCC)CCC(=O)OCCCCCCCBr. The highest BCUT2D eigenvalue weighted by Crippen LogP contribution is 2.23. The molecule has 0 amide bonds. The van der Waals surface area contributed by atoms with Crippen molar-refractivity contribution in [1.29, 1.82) is 0 Å². The van der Waals surface area contributed by atoms with Crippen molar-refractivity contribution in [2.24, 2.45) is 5.92 Å². The molecule has 2 nitrogen and oxygen atoms in total. The Hall–Kier alpha value is -0.0500. The van der Waals surface area contributed by atoms with Crippen molar-refractivity contribution in [2.45, 2.75) is 123 Å². The standard InChI is InChI=1S/C23H45BrO2/c1-3-5-7-12-16-22(17-13-8-6-4-2)18-19-23(25)26-21-15-11-9-10-14-20-24/h22H,3-21H2,1-2H3. The summed E-state index contributed by atoms with van der Waals surface area (Å²) >= 11 is 3.46. The Kier molecular flexibility index (Phi) is 21.2. The molecule has 0 saturated carbocycles. The molecule has 0 aliphatic heterocycles. The van der Waals surface area contributed by atoms with Crippen molar-refractivity contribution in [3.63, 3.8) is 0 Å². The van der Waals surface area contributed by atoms with Crippen LogP contribution in [-0.2, 0) is 9.53 Å². The van der Waals surface area contributed by atoms with Gasteiger partial charge in [0.2, 0.25) is 0 Å². The molecule has 156 valence electrons. The molecule has 0 N–H and O–H groups in total. The highest BCUT2D eigenvalue weighted by molar-refractivity contribution is 9.09. The van der Waals surface area contributed by atoms with Gasteiger partial charge >= 0.3 is 5.97 Å². The van der Waals surface area contributed by atoms with Gasteiger partial charge in [0.1, 0.15) is 0 Å². The Balaban J connectivity index is 3.82. The van der Waals surface area contributed by atoms with E-state index in [0.717, 1.165) is 24.1 Å². The van der Waals surface area contributed by atoms with E-state index in [1.165, 1.54) is 89.9 Å². The predicted octanol–water partition coefficient (Wildman–Crippen LogP) is 8.21. The molecule has 0 unspecified atom stereocenters. The third-order valence-corrected chi connectivity index (χ3v) is 5.79. The summed E-state index contributed by atoms with van der Waals surface area (Å²) in [5, 5.41) is 1.10. The third kappa shape index (κ3) is 18.7. The number of hydrogen-bond donors (Lipinski definition) is 0. The number of carbonyl (C=O) groups is 1. The van der Waals surface area contributed by atoms with Gasteiger partial charge in [0.25, 0.3) is 0 Å². The molecule has 0 aliphatic carbocycles. The Morgan fingerprint density at radius 1 is 0.731 bits per heavy atom. The molecule has 0 atom stereocenters. The topological polar surface area (TPSA) is 26.3 Å². The molecule has 0 heterocycles. The second-order valence-corrected chi connectivity index (χ2v) is 8.57. The normalized spacial score (nSPS) is 11.2. The van der Waals surface area contributed by atoms with E-state index in [4.69, 9.17) is 4.74 Å². The van der Waals surface area contributed by atoms with E-state index in [0.29, 0.717) is 13.0 Å². The summed E-state index contributed by atoms with van der Waals surface area (Å²) in [5.74, 6) is 0.748. The van der Waals surface area contributed by atoms with Crippen LogP contribution < -0.4 is 0 Å². The van der Waals surface area contributed by atoms with Crippen LogP contribution in [-0.4, -0.2) is 17.9 Å². The molecule has 3 heteroatoms. The van der Waals surface area contributed by atoms with Crippen molar-refractivity contribution >= 4 is 21.9 Å². The van der Waals surface area contributed by atoms with Gasteiger partial charge in [0, 0.05) is 11.8 Å². The van der Waals surface area contributed by atoms with E-state index >= 15 is 0 Å². The first-order valence-electron chi connectivity index (χ1n) is 11.5. The molecule has 26 heavy (non-hydrogen) atoms. The minimum absolute atomic E-state index is 0.0255. The van der Waals surface area contributed by atoms with Crippen LogP contribution in [0.1, 0.15) is 123 Å². The zero-order valence-electron chi connectivity index (χ0n) is 17.7. The van der Waals surface area contributed by atoms with Gasteiger partial charge in [-0.3, -0.25) is 4.79 Å². The lowest BCUT2D eigenvalue weighted by Crippen LogP contribution is -2.10. The minimum atomic E-state index is 0.0255. The lowest BCUT2D eigenvalue weighted by Gasteiger charge is -2.16. The van der Waals surface area contributed by atoms with Gasteiger partial charge in [-0.25, -0.2) is 0 Å². The van der Waals surface area contributed by atoms with E-state index in [1.807, 2.05) is 0 Å². The maximum Gasteiger partial charge on any atom is 0.305 e. The Labute approximate surface area is 172 Å². The molecule has 0 aromatic rings. The average molecular weight is 434 g/mol. The van der Waals surface area contributed by atoms with Gasteiger partial charge in [0.15, 0.2) is 0 Å². The Morgan fingerprint density at radius 2 is 1.27 bits per heavy atom. The molecule has 0 fully saturated rings. The van der Waals surface area contributed by atoms with E-state index in [2.05, 4.69) is 29.8 Å². The summed E-state index contributed by atoms with van der Waals surface area (Å²) in [7, 11) is 0. The van der Waals surface area contributed by atoms with Crippen LogP contribution >= 0.6 is 15.9 Å². The second kappa shape index (κ2) is 21.3. The van der Waals surface area contributed by atoms with Crippen LogP contribution in [0.4, 0.5) is 0 Å². The Morgan fingerprint density at radius 3 is 1.85 bits per heavy atom. The summed E-state index contributed by atoms with van der Waals surface area (Å²) in [4.78, 5) is 12.0. The molecule has 0 bridgehead atoms. The van der Waals surface area contributed by atoms with Gasteiger partial charge in [-0.15, -0.1) is 0 Å². The summed E-state index contributed by atoms with van der Waals surface area (Å²) in [6.07, 6.45) is 20.9. The number of esters is 1. The molecule has 0 radical (unpaired) electrons. The molecule has 0 spiro atoms. The van der Waals surface area contributed by atoms with Gasteiger partial charge in [-0.05, 0) is 25.2 Å². The fourth-order valence-corrected chi connectivity index (χ4v) is 3.86. The number of halogens is 1. The quantitative estimate of drug-likeness (QED) is 0.110. The third-order valence-electron chi connectivity index (χ3n) is 5.23. The van der Waals surface area contributed by atoms with Gasteiger partial charge in [-0.2, -0.15) is 0 Å².